The molecule has 0 unspecified atom stereocenters. The lowest BCUT2D eigenvalue weighted by molar-refractivity contribution is -0.138. The number of nitrogens with one attached hydrogen (secondary N) is 2. The number of hydrogen-bond donors (Lipinski definition) is 3. The average molecular weight is 501 g/mol. The van der Waals surface area contributed by atoms with E-state index >= 15 is 0 Å². The molecule has 0 fully saturated rings. The zero-order chi connectivity index (χ0) is 20.8. The number of halogens is 5. The fourth-order valence-electron chi connectivity index (χ4n) is 2.55. The number of carboxylic acid groups (broad SMARTS) is 1. The maximum absolute atomic E-state index is 14.1. The highest BCUT2D eigenvalue weighted by atomic mass is 79.9. The minimum absolute atomic E-state index is 0.171. The van der Waals surface area contributed by atoms with E-state index in [1.165, 1.54) is 12.1 Å². The molecular formula is C15H9BrF4N2O4S2. The molecular weight excluding hydrogens is 492 g/mol. The molecule has 28 heavy (non-hydrogen) atoms. The Bertz CT molecular complexity index is 1190. The third-order valence-electron chi connectivity index (χ3n) is 3.81. The highest BCUT2D eigenvalue weighted by Gasteiger charge is 2.30. The van der Waals surface area contributed by atoms with Crippen molar-refractivity contribution in [3.8, 4) is 0 Å². The van der Waals surface area contributed by atoms with E-state index in [-0.39, 0.29) is 9.77 Å². The predicted molar refractivity (Wildman–Crippen MR) is 95.6 cm³/mol. The second-order valence-electron chi connectivity index (χ2n) is 5.59. The minimum Gasteiger partial charge on any atom is -0.480 e. The smallest absolute Gasteiger partial charge is 0.322 e. The summed E-state index contributed by atoms with van der Waals surface area (Å²) in [5, 5.41) is 8.64. The van der Waals surface area contributed by atoms with E-state index in [1.807, 2.05) is 4.72 Å². The molecule has 0 saturated carbocycles. The predicted octanol–water partition coefficient (Wildman–Crippen LogP) is 3.52. The molecule has 3 N–H and O–H groups in total. The lowest BCUT2D eigenvalue weighted by Crippen LogP contribution is -2.42. The molecule has 1 atom stereocenters. The Hall–Kier alpha value is -1.96. The second-order valence-corrected chi connectivity index (χ2v) is 10.00. The molecule has 0 saturated heterocycles. The van der Waals surface area contributed by atoms with Crippen LogP contribution in [-0.4, -0.2) is 30.5 Å². The van der Waals surface area contributed by atoms with E-state index in [1.54, 1.807) is 0 Å². The summed E-state index contributed by atoms with van der Waals surface area (Å²) in [6, 6.07) is 0.916. The van der Waals surface area contributed by atoms with Crippen LogP contribution in [0.15, 0.2) is 26.3 Å². The van der Waals surface area contributed by atoms with E-state index in [4.69, 9.17) is 0 Å². The van der Waals surface area contributed by atoms with Gasteiger partial charge in [-0.15, -0.1) is 11.3 Å². The first-order valence-electron chi connectivity index (χ1n) is 7.35. The molecule has 150 valence electrons. The van der Waals surface area contributed by atoms with Crippen LogP contribution in [-0.2, 0) is 21.2 Å². The third kappa shape index (κ3) is 3.66. The molecule has 0 aliphatic heterocycles. The first-order valence-corrected chi connectivity index (χ1v) is 10.4. The number of carboxylic acids is 1. The first-order chi connectivity index (χ1) is 13.0. The number of benzene rings is 1. The van der Waals surface area contributed by atoms with Gasteiger partial charge in [0, 0.05) is 18.0 Å². The van der Waals surface area contributed by atoms with Crippen LogP contribution in [0.5, 0.6) is 0 Å². The van der Waals surface area contributed by atoms with E-state index in [0.29, 0.717) is 3.79 Å². The van der Waals surface area contributed by atoms with Gasteiger partial charge in [0.25, 0.3) is 10.0 Å². The van der Waals surface area contributed by atoms with Crippen LogP contribution >= 0.6 is 27.3 Å². The Morgan fingerprint density at radius 3 is 2.39 bits per heavy atom. The quantitative estimate of drug-likeness (QED) is 0.274. The Balaban J connectivity index is 1.99. The SMILES string of the molecule is O=C(O)[C@H](Cc1c[nH]c2c(F)c(F)c(F)c(F)c12)NS(=O)(=O)c1ccc(Br)s1. The number of hydrogen-bond acceptors (Lipinski definition) is 4. The van der Waals surface area contributed by atoms with Crippen LogP contribution in [0.4, 0.5) is 17.6 Å². The van der Waals surface area contributed by atoms with Crippen LogP contribution in [0.3, 0.4) is 0 Å². The van der Waals surface area contributed by atoms with Crippen molar-refractivity contribution in [2.45, 2.75) is 16.7 Å². The molecule has 2 heterocycles. The van der Waals surface area contributed by atoms with E-state index in [0.717, 1.165) is 17.5 Å². The van der Waals surface area contributed by atoms with Gasteiger partial charge in [-0.1, -0.05) is 0 Å². The van der Waals surface area contributed by atoms with Crippen molar-refractivity contribution in [1.82, 2.24) is 9.71 Å². The molecule has 0 bridgehead atoms. The van der Waals surface area contributed by atoms with Gasteiger partial charge in [0.2, 0.25) is 0 Å². The largest absolute Gasteiger partial charge is 0.480 e. The maximum Gasteiger partial charge on any atom is 0.322 e. The Morgan fingerprint density at radius 2 is 1.82 bits per heavy atom. The standard InChI is InChI=1S/C15H9BrF4N2O4S2/c16-7-1-2-8(27-7)28(25,26)22-6(15(23)24)3-5-4-21-14-9(5)10(17)11(18)12(19)13(14)20/h1-2,4,6,21-22H,3H2,(H,23,24)/t6-/m0/s1. The Labute approximate surface area is 167 Å². The first kappa shape index (κ1) is 20.8. The molecule has 0 spiro atoms. The monoisotopic (exact) mass is 500 g/mol. The lowest BCUT2D eigenvalue weighted by Gasteiger charge is -2.14. The summed E-state index contributed by atoms with van der Waals surface area (Å²) >= 11 is 3.92. The summed E-state index contributed by atoms with van der Waals surface area (Å²) in [5.74, 6) is -9.05. The molecule has 6 nitrogen and oxygen atoms in total. The number of rotatable bonds is 6. The molecule has 3 rings (SSSR count). The number of aromatic nitrogens is 1. The summed E-state index contributed by atoms with van der Waals surface area (Å²) in [6.07, 6.45) is 0.310. The Morgan fingerprint density at radius 1 is 1.18 bits per heavy atom. The number of fused-ring (bicyclic) bond motifs is 1. The molecule has 1 aromatic carbocycles. The van der Waals surface area contributed by atoms with Gasteiger partial charge in [0.15, 0.2) is 23.3 Å². The fraction of sp³-hybridized carbons (Fsp3) is 0.133. The molecule has 0 amide bonds. The van der Waals surface area contributed by atoms with Crippen molar-refractivity contribution >= 4 is 54.2 Å². The van der Waals surface area contributed by atoms with Gasteiger partial charge in [0.1, 0.15) is 10.3 Å². The van der Waals surface area contributed by atoms with Gasteiger partial charge in [-0.3, -0.25) is 4.79 Å². The summed E-state index contributed by atoms with van der Waals surface area (Å²) < 4.78 is 81.7. The zero-order valence-electron chi connectivity index (χ0n) is 13.4. The fourth-order valence-corrected chi connectivity index (χ4v) is 5.76. The van der Waals surface area contributed by atoms with Crippen molar-refractivity contribution in [3.05, 3.63) is 50.9 Å². The number of aromatic amines is 1. The van der Waals surface area contributed by atoms with Crippen LogP contribution in [0, 0.1) is 23.3 Å². The van der Waals surface area contributed by atoms with Gasteiger partial charge < -0.3 is 10.1 Å². The van der Waals surface area contributed by atoms with Gasteiger partial charge >= 0.3 is 5.97 Å². The summed E-state index contributed by atoms with van der Waals surface area (Å²) in [6.45, 7) is 0. The summed E-state index contributed by atoms with van der Waals surface area (Å²) in [4.78, 5) is 13.7. The molecule has 3 aromatic rings. The Kier molecular flexibility index (Phi) is 5.53. The van der Waals surface area contributed by atoms with Gasteiger partial charge in [0.05, 0.1) is 9.30 Å². The third-order valence-corrected chi connectivity index (χ3v) is 7.40. The van der Waals surface area contributed by atoms with Crippen LogP contribution in [0.2, 0.25) is 0 Å². The van der Waals surface area contributed by atoms with E-state index in [9.17, 15) is 35.9 Å². The van der Waals surface area contributed by atoms with Crippen molar-refractivity contribution < 1.29 is 35.9 Å². The normalized spacial score (nSPS) is 13.2. The average Bonchev–Trinajstić information content (AvgIpc) is 3.24. The van der Waals surface area contributed by atoms with E-state index in [2.05, 4.69) is 20.9 Å². The number of sulfonamides is 1. The highest BCUT2D eigenvalue weighted by Crippen LogP contribution is 2.30. The van der Waals surface area contributed by atoms with Crippen LogP contribution < -0.4 is 4.72 Å². The number of carbonyl (C=O) groups is 1. The van der Waals surface area contributed by atoms with Crippen molar-refractivity contribution in [2.75, 3.05) is 0 Å². The number of aliphatic carboxylic acids is 1. The summed E-state index contributed by atoms with van der Waals surface area (Å²) in [7, 11) is -4.23. The van der Waals surface area contributed by atoms with E-state index < -0.39 is 62.6 Å². The molecule has 0 aliphatic rings. The van der Waals surface area contributed by atoms with Crippen LogP contribution in [0.1, 0.15) is 5.56 Å². The summed E-state index contributed by atoms with van der Waals surface area (Å²) in [5.41, 5.74) is -0.937. The topological polar surface area (TPSA) is 99.3 Å². The molecule has 0 aliphatic carbocycles. The minimum atomic E-state index is -4.23. The van der Waals surface area contributed by atoms with Gasteiger partial charge in [-0.05, 0) is 33.6 Å². The second kappa shape index (κ2) is 7.46. The molecule has 0 radical (unpaired) electrons. The van der Waals surface area contributed by atoms with Gasteiger partial charge in [-0.25, -0.2) is 26.0 Å². The number of H-pyrrole nitrogens is 1. The van der Waals surface area contributed by atoms with Crippen molar-refractivity contribution in [1.29, 1.82) is 0 Å². The number of thiophene rings is 1. The molecule has 2 aromatic heterocycles. The zero-order valence-corrected chi connectivity index (χ0v) is 16.6. The lowest BCUT2D eigenvalue weighted by atomic mass is 10.0. The van der Waals surface area contributed by atoms with Crippen molar-refractivity contribution in [3.63, 3.8) is 0 Å². The van der Waals surface area contributed by atoms with Gasteiger partial charge in [-0.2, -0.15) is 4.72 Å². The highest BCUT2D eigenvalue weighted by molar-refractivity contribution is 9.11. The van der Waals surface area contributed by atoms with Crippen LogP contribution in [0.25, 0.3) is 10.9 Å². The van der Waals surface area contributed by atoms with Crippen molar-refractivity contribution in [2.24, 2.45) is 0 Å². The molecule has 13 heteroatoms. The maximum atomic E-state index is 14.1.